The van der Waals surface area contributed by atoms with Gasteiger partial charge in [0.15, 0.2) is 0 Å². The summed E-state index contributed by atoms with van der Waals surface area (Å²) in [6.07, 6.45) is 0. The van der Waals surface area contributed by atoms with E-state index in [1.807, 2.05) is 0 Å². The molecule has 0 aromatic carbocycles. The molecule has 9 heteroatoms. The minimum Gasteiger partial charge on any atom is 0 e. The second kappa shape index (κ2) is 12.9. The normalized spacial score (nSPS) is 6.56. The number of hydrogen-bond donors (Lipinski definition) is 3. The zero-order chi connectivity index (χ0) is 4.50. The molecule has 0 atom stereocenters. The molecule has 0 rings (SSSR count). The molecular formula is H4CuFeLiMnO4P. The largest absolute Gasteiger partial charge is 0 e. The zero-order valence-corrected chi connectivity index (χ0v) is 7.35. The Balaban J connectivity index is -0.0000000133. The number of phosphoric acid groups is 1. The standard InChI is InChI=1S/Cu.Fe.Li.Mn.H3O4P.H/c;;;;1-5(2,3)4;/h;;;;(H3,1,2,3,4);. The zero-order valence-electron chi connectivity index (χ0n) is 3.23. The minimum atomic E-state index is -4.64. The van der Waals surface area contributed by atoms with Crippen LogP contribution in [0.4, 0.5) is 0 Å². The van der Waals surface area contributed by atoms with E-state index in [0.29, 0.717) is 0 Å². The maximum atomic E-state index is 8.88. The smallest absolute Gasteiger partial charge is 0 e. The average molecular weight is 280 g/mol. The first kappa shape index (κ1) is 30.2. The van der Waals surface area contributed by atoms with Gasteiger partial charge in [0.25, 0.3) is 0 Å². The van der Waals surface area contributed by atoms with Gasteiger partial charge in [-0.25, -0.2) is 4.57 Å². The summed E-state index contributed by atoms with van der Waals surface area (Å²) in [7, 11) is -4.64. The average Bonchev–Trinajstić information content (AvgIpc) is 0.722. The van der Waals surface area contributed by atoms with Crippen LogP contribution in [0.2, 0.25) is 0 Å². The summed E-state index contributed by atoms with van der Waals surface area (Å²) in [5, 5.41) is 0. The van der Waals surface area contributed by atoms with Crippen molar-refractivity contribution < 1.29 is 70.5 Å². The van der Waals surface area contributed by atoms with Gasteiger partial charge in [-0.1, -0.05) is 0 Å². The second-order valence-electron chi connectivity index (χ2n) is 0.513. The van der Waals surface area contributed by atoms with Crippen molar-refractivity contribution in [3.63, 3.8) is 0 Å². The van der Waals surface area contributed by atoms with Crippen molar-refractivity contribution in [2.75, 3.05) is 0 Å². The molecule has 0 fully saturated rings. The van der Waals surface area contributed by atoms with E-state index in [9.17, 15) is 0 Å². The summed E-state index contributed by atoms with van der Waals surface area (Å²) < 4.78 is 8.88. The first-order valence-corrected chi connectivity index (χ1v) is 2.35. The fourth-order valence-corrected chi connectivity index (χ4v) is 0. The van der Waals surface area contributed by atoms with Crippen molar-refractivity contribution in [1.82, 2.24) is 0 Å². The molecule has 0 heterocycles. The van der Waals surface area contributed by atoms with Gasteiger partial charge in [-0.05, 0) is 0 Å². The van der Waals surface area contributed by atoms with Crippen LogP contribution in [0.5, 0.6) is 0 Å². The summed E-state index contributed by atoms with van der Waals surface area (Å²) in [5.41, 5.74) is 0. The summed E-state index contributed by atoms with van der Waals surface area (Å²) in [4.78, 5) is 21.6. The Morgan fingerprint density at radius 1 is 1.11 bits per heavy atom. The Morgan fingerprint density at radius 3 is 1.11 bits per heavy atom. The summed E-state index contributed by atoms with van der Waals surface area (Å²) in [6, 6.07) is 0. The monoisotopic (exact) mass is 280 g/mol. The van der Waals surface area contributed by atoms with Crippen LogP contribution in [-0.4, -0.2) is 33.5 Å². The Kier molecular flexibility index (Phi) is 43.3. The van der Waals surface area contributed by atoms with Gasteiger partial charge in [-0.3, -0.25) is 0 Å². The molecule has 9 heavy (non-hydrogen) atoms. The molecule has 0 aliphatic carbocycles. The van der Waals surface area contributed by atoms with Crippen molar-refractivity contribution in [1.29, 1.82) is 0 Å². The molecule has 0 aromatic heterocycles. The van der Waals surface area contributed by atoms with Gasteiger partial charge >= 0.3 is 26.7 Å². The third kappa shape index (κ3) is 137. The van der Waals surface area contributed by atoms with Gasteiger partial charge in [-0.15, -0.1) is 0 Å². The first-order chi connectivity index (χ1) is 2.00. The third-order valence-electron chi connectivity index (χ3n) is 0. The van der Waals surface area contributed by atoms with E-state index < -0.39 is 7.82 Å². The quantitative estimate of drug-likeness (QED) is 0.369. The topological polar surface area (TPSA) is 77.8 Å². The molecule has 0 amide bonds. The van der Waals surface area contributed by atoms with Crippen molar-refractivity contribution >= 4 is 26.7 Å². The summed E-state index contributed by atoms with van der Waals surface area (Å²) in [6.45, 7) is 0. The van der Waals surface area contributed by atoms with Crippen molar-refractivity contribution in [2.45, 2.75) is 0 Å². The van der Waals surface area contributed by atoms with Crippen molar-refractivity contribution in [3.8, 4) is 0 Å². The van der Waals surface area contributed by atoms with Gasteiger partial charge in [0, 0.05) is 51.2 Å². The van der Waals surface area contributed by atoms with Gasteiger partial charge < -0.3 is 14.7 Å². The molecule has 0 aliphatic rings. The molecule has 2 radical (unpaired) electrons. The molecule has 0 unspecified atom stereocenters. The molecule has 0 spiro atoms. The fourth-order valence-electron chi connectivity index (χ4n) is 0. The Bertz CT molecular complexity index is 66.7. The molecule has 0 saturated heterocycles. The van der Waals surface area contributed by atoms with Crippen LogP contribution in [0.1, 0.15) is 0 Å². The van der Waals surface area contributed by atoms with Crippen LogP contribution in [0.3, 0.4) is 0 Å². The minimum absolute atomic E-state index is 0. The second-order valence-corrected chi connectivity index (χ2v) is 1.54. The van der Waals surface area contributed by atoms with E-state index >= 15 is 0 Å². The van der Waals surface area contributed by atoms with Gasteiger partial charge in [0.2, 0.25) is 0 Å². The fraction of sp³-hybridized carbons (Fsp3) is 0. The van der Waals surface area contributed by atoms with E-state index in [1.165, 1.54) is 0 Å². The van der Waals surface area contributed by atoms with Crippen LogP contribution in [0, 0.1) is 0 Å². The Hall–Kier alpha value is 2.27. The third-order valence-corrected chi connectivity index (χ3v) is 0. The van der Waals surface area contributed by atoms with E-state index in [-0.39, 0.29) is 70.1 Å². The van der Waals surface area contributed by atoms with Gasteiger partial charge in [0.05, 0.1) is 0 Å². The molecule has 0 aromatic rings. The number of rotatable bonds is 0. The van der Waals surface area contributed by atoms with Crippen LogP contribution < -0.4 is 0 Å². The molecule has 60 valence electrons. The Labute approximate surface area is 96.4 Å². The Morgan fingerprint density at radius 2 is 1.11 bits per heavy atom. The SMILES string of the molecule is O=P(O)(O)O.[Cu].[Fe].[LiH].[Mn]. The van der Waals surface area contributed by atoms with E-state index in [2.05, 4.69) is 0 Å². The molecular weight excluding hydrogens is 276 g/mol. The molecule has 0 bridgehead atoms. The van der Waals surface area contributed by atoms with Gasteiger partial charge in [-0.2, -0.15) is 0 Å². The van der Waals surface area contributed by atoms with Crippen LogP contribution in [0.25, 0.3) is 0 Å². The molecule has 0 saturated carbocycles. The van der Waals surface area contributed by atoms with Crippen LogP contribution >= 0.6 is 7.82 Å². The predicted octanol–water partition coefficient (Wildman–Crippen LogP) is -1.58. The summed E-state index contributed by atoms with van der Waals surface area (Å²) in [5.74, 6) is 0. The predicted molar refractivity (Wildman–Crippen MR) is 21.4 cm³/mol. The summed E-state index contributed by atoms with van der Waals surface area (Å²) >= 11 is 0. The maximum Gasteiger partial charge on any atom is 0 e. The first-order valence-electron chi connectivity index (χ1n) is 0.783. The van der Waals surface area contributed by atoms with Crippen LogP contribution in [-0.2, 0) is 55.8 Å². The molecule has 4 nitrogen and oxygen atoms in total. The van der Waals surface area contributed by atoms with Crippen molar-refractivity contribution in [3.05, 3.63) is 0 Å². The van der Waals surface area contributed by atoms with E-state index in [1.54, 1.807) is 0 Å². The van der Waals surface area contributed by atoms with Crippen LogP contribution in [0.15, 0.2) is 0 Å². The van der Waals surface area contributed by atoms with E-state index in [4.69, 9.17) is 19.2 Å². The molecule has 3 N–H and O–H groups in total. The number of hydrogen-bond acceptors (Lipinski definition) is 1. The van der Waals surface area contributed by atoms with Gasteiger partial charge in [0.1, 0.15) is 0 Å². The molecule has 0 aliphatic heterocycles. The van der Waals surface area contributed by atoms with E-state index in [0.717, 1.165) is 0 Å². The maximum absolute atomic E-state index is 8.88. The van der Waals surface area contributed by atoms with Crippen molar-refractivity contribution in [2.24, 2.45) is 0 Å².